The number of halogens is 1. The number of thioether (sulfide) groups is 1. The zero-order valence-electron chi connectivity index (χ0n) is 19.3. The Bertz CT molecular complexity index is 946. The molecule has 10 heteroatoms. The van der Waals surface area contributed by atoms with Crippen LogP contribution in [0.2, 0.25) is 5.15 Å². The molecule has 0 spiro atoms. The highest BCUT2D eigenvalue weighted by Gasteiger charge is 2.28. The van der Waals surface area contributed by atoms with E-state index in [-0.39, 0.29) is 23.6 Å². The lowest BCUT2D eigenvalue weighted by Gasteiger charge is -2.40. The average molecular weight is 491 g/mol. The Morgan fingerprint density at radius 2 is 2.09 bits per heavy atom. The number of aromatic nitrogens is 3. The maximum absolute atomic E-state index is 12.5. The second-order valence-corrected chi connectivity index (χ2v) is 9.85. The molecule has 33 heavy (non-hydrogen) atoms. The molecule has 1 atom stereocenters. The van der Waals surface area contributed by atoms with Crippen LogP contribution >= 0.6 is 23.4 Å². The van der Waals surface area contributed by atoms with E-state index in [1.807, 2.05) is 23.1 Å². The summed E-state index contributed by atoms with van der Waals surface area (Å²) in [5, 5.41) is 3.69. The largest absolute Gasteiger partial charge is 0.355 e. The standard InChI is InChI=1S/C23H31ClN6O2S/c1-16(2)12-22(32)30-11-10-29(14-17(30)3)20-13-19(24)27-23(28-20)33-15-21(31)26-9-7-18-6-4-5-8-25-18/h4-6,8,13,16-17H,7,9-12,14-15H2,1-3H3,(H,26,31). The second-order valence-electron chi connectivity index (χ2n) is 8.52. The van der Waals surface area contributed by atoms with Crippen LogP contribution in [0.3, 0.4) is 0 Å². The molecule has 0 aliphatic carbocycles. The third-order valence-corrected chi connectivity index (χ3v) is 6.32. The van der Waals surface area contributed by atoms with Gasteiger partial charge in [-0.1, -0.05) is 43.3 Å². The Hall–Kier alpha value is -2.39. The van der Waals surface area contributed by atoms with E-state index < -0.39 is 0 Å². The van der Waals surface area contributed by atoms with E-state index in [0.717, 1.165) is 11.5 Å². The summed E-state index contributed by atoms with van der Waals surface area (Å²) in [6.45, 7) is 8.70. The van der Waals surface area contributed by atoms with Crippen LogP contribution in [0.5, 0.6) is 0 Å². The first-order valence-electron chi connectivity index (χ1n) is 11.2. The number of hydrogen-bond donors (Lipinski definition) is 1. The number of nitrogens with zero attached hydrogens (tertiary/aromatic N) is 5. The number of carbonyl (C=O) groups excluding carboxylic acids is 2. The van der Waals surface area contributed by atoms with Gasteiger partial charge in [0, 0.05) is 63.0 Å². The summed E-state index contributed by atoms with van der Waals surface area (Å²) >= 11 is 7.50. The molecule has 3 heterocycles. The highest BCUT2D eigenvalue weighted by atomic mass is 35.5. The molecule has 0 aromatic carbocycles. The predicted molar refractivity (Wildman–Crippen MR) is 132 cm³/mol. The summed E-state index contributed by atoms with van der Waals surface area (Å²) in [5.41, 5.74) is 0.938. The first kappa shape index (κ1) is 25.2. The van der Waals surface area contributed by atoms with Crippen molar-refractivity contribution in [3.8, 4) is 0 Å². The fraction of sp³-hybridized carbons (Fsp3) is 0.522. The summed E-state index contributed by atoms with van der Waals surface area (Å²) in [7, 11) is 0. The topological polar surface area (TPSA) is 91.3 Å². The first-order chi connectivity index (χ1) is 15.8. The van der Waals surface area contributed by atoms with Gasteiger partial charge in [-0.2, -0.15) is 0 Å². The zero-order chi connectivity index (χ0) is 23.8. The minimum atomic E-state index is -0.0908. The number of piperazine rings is 1. The summed E-state index contributed by atoms with van der Waals surface area (Å²) in [6, 6.07) is 7.54. The number of anilines is 1. The van der Waals surface area contributed by atoms with Crippen LogP contribution in [0, 0.1) is 5.92 Å². The lowest BCUT2D eigenvalue weighted by Crippen LogP contribution is -2.54. The van der Waals surface area contributed by atoms with Gasteiger partial charge >= 0.3 is 0 Å². The summed E-state index contributed by atoms with van der Waals surface area (Å²) < 4.78 is 0. The Kier molecular flexibility index (Phi) is 9.31. The number of rotatable bonds is 9. The Morgan fingerprint density at radius 1 is 1.27 bits per heavy atom. The minimum absolute atomic E-state index is 0.0831. The van der Waals surface area contributed by atoms with Gasteiger partial charge in [0.15, 0.2) is 5.16 Å². The van der Waals surface area contributed by atoms with Crippen LogP contribution in [-0.2, 0) is 16.0 Å². The second kappa shape index (κ2) is 12.2. The van der Waals surface area contributed by atoms with E-state index in [2.05, 4.69) is 45.9 Å². The monoisotopic (exact) mass is 490 g/mol. The SMILES string of the molecule is CC(C)CC(=O)N1CCN(c2cc(Cl)nc(SCC(=O)NCCc3ccccn3)n2)CC1C. The maximum Gasteiger partial charge on any atom is 0.230 e. The van der Waals surface area contributed by atoms with E-state index in [1.165, 1.54) is 11.8 Å². The fourth-order valence-corrected chi connectivity index (χ4v) is 4.58. The maximum atomic E-state index is 12.5. The third-order valence-electron chi connectivity index (χ3n) is 5.28. The van der Waals surface area contributed by atoms with E-state index in [4.69, 9.17) is 11.6 Å². The van der Waals surface area contributed by atoms with Crippen molar-refractivity contribution in [1.82, 2.24) is 25.2 Å². The third kappa shape index (κ3) is 7.85. The molecule has 3 rings (SSSR count). The van der Waals surface area contributed by atoms with Gasteiger partial charge in [0.25, 0.3) is 0 Å². The minimum Gasteiger partial charge on any atom is -0.355 e. The molecule has 1 aliphatic heterocycles. The van der Waals surface area contributed by atoms with Crippen LogP contribution in [0.25, 0.3) is 0 Å². The lowest BCUT2D eigenvalue weighted by atomic mass is 10.1. The average Bonchev–Trinajstić information content (AvgIpc) is 2.77. The van der Waals surface area contributed by atoms with Gasteiger partial charge < -0.3 is 15.1 Å². The van der Waals surface area contributed by atoms with Crippen molar-refractivity contribution < 1.29 is 9.59 Å². The van der Waals surface area contributed by atoms with E-state index in [9.17, 15) is 9.59 Å². The molecule has 1 saturated heterocycles. The van der Waals surface area contributed by atoms with E-state index >= 15 is 0 Å². The van der Waals surface area contributed by atoms with E-state index in [0.29, 0.717) is 55.2 Å². The molecule has 8 nitrogen and oxygen atoms in total. The summed E-state index contributed by atoms with van der Waals surface area (Å²) in [5.74, 6) is 1.37. The highest BCUT2D eigenvalue weighted by molar-refractivity contribution is 7.99. The molecule has 0 saturated carbocycles. The number of amides is 2. The van der Waals surface area contributed by atoms with Crippen molar-refractivity contribution in [2.75, 3.05) is 36.8 Å². The Labute approximate surface area is 204 Å². The van der Waals surface area contributed by atoms with Gasteiger partial charge in [-0.25, -0.2) is 9.97 Å². The van der Waals surface area contributed by atoms with Crippen molar-refractivity contribution >= 4 is 41.0 Å². The molecule has 0 bridgehead atoms. The lowest BCUT2D eigenvalue weighted by molar-refractivity contribution is -0.134. The van der Waals surface area contributed by atoms with Gasteiger partial charge in [0.05, 0.1) is 5.75 Å². The fourth-order valence-electron chi connectivity index (χ4n) is 3.67. The van der Waals surface area contributed by atoms with Crippen molar-refractivity contribution in [1.29, 1.82) is 0 Å². The molecule has 1 N–H and O–H groups in total. The summed E-state index contributed by atoms with van der Waals surface area (Å²) in [4.78, 5) is 41.9. The van der Waals surface area contributed by atoms with Gasteiger partial charge in [-0.15, -0.1) is 0 Å². The van der Waals surface area contributed by atoms with Crippen LogP contribution < -0.4 is 10.2 Å². The molecule has 2 aromatic heterocycles. The number of pyridine rings is 1. The zero-order valence-corrected chi connectivity index (χ0v) is 20.9. The molecular formula is C23H31ClN6O2S. The van der Waals surface area contributed by atoms with Crippen molar-refractivity contribution in [2.24, 2.45) is 5.92 Å². The number of carbonyl (C=O) groups is 2. The molecule has 178 valence electrons. The summed E-state index contributed by atoms with van der Waals surface area (Å²) in [6.07, 6.45) is 2.98. The van der Waals surface area contributed by atoms with Crippen molar-refractivity contribution in [3.05, 3.63) is 41.3 Å². The normalized spacial score (nSPS) is 16.2. The number of hydrogen-bond acceptors (Lipinski definition) is 7. The van der Waals surface area contributed by atoms with Crippen molar-refractivity contribution in [3.63, 3.8) is 0 Å². The number of nitrogens with one attached hydrogen (secondary N) is 1. The molecule has 2 aromatic rings. The van der Waals surface area contributed by atoms with Gasteiger partial charge in [-0.05, 0) is 25.0 Å². The molecule has 2 amide bonds. The highest BCUT2D eigenvalue weighted by Crippen LogP contribution is 2.24. The Balaban J connectivity index is 1.51. The van der Waals surface area contributed by atoms with E-state index in [1.54, 1.807) is 12.3 Å². The molecule has 0 radical (unpaired) electrons. The van der Waals surface area contributed by atoms with Crippen LogP contribution in [0.1, 0.15) is 32.9 Å². The molecule has 1 unspecified atom stereocenters. The smallest absolute Gasteiger partial charge is 0.230 e. The first-order valence-corrected chi connectivity index (χ1v) is 12.6. The quantitative estimate of drug-likeness (QED) is 0.328. The van der Waals surface area contributed by atoms with Crippen LogP contribution in [0.15, 0.2) is 35.6 Å². The molecular weight excluding hydrogens is 460 g/mol. The Morgan fingerprint density at radius 3 is 2.79 bits per heavy atom. The predicted octanol–water partition coefficient (Wildman–Crippen LogP) is 3.06. The van der Waals surface area contributed by atoms with Gasteiger partial charge in [0.2, 0.25) is 11.8 Å². The van der Waals surface area contributed by atoms with Crippen LogP contribution in [0.4, 0.5) is 5.82 Å². The molecule has 1 fully saturated rings. The van der Waals surface area contributed by atoms with Crippen LogP contribution in [-0.4, -0.2) is 69.6 Å². The van der Waals surface area contributed by atoms with Gasteiger partial charge in [-0.3, -0.25) is 14.6 Å². The van der Waals surface area contributed by atoms with Crippen molar-refractivity contribution in [2.45, 2.75) is 44.8 Å². The van der Waals surface area contributed by atoms with Gasteiger partial charge in [0.1, 0.15) is 11.0 Å². The molecule has 1 aliphatic rings.